The first-order valence-corrected chi connectivity index (χ1v) is 7.55. The molecule has 0 aliphatic carbocycles. The van der Waals surface area contributed by atoms with Crippen LogP contribution in [0.1, 0.15) is 39.2 Å². The highest BCUT2D eigenvalue weighted by Gasteiger charge is 1.99. The smallest absolute Gasteiger partial charge is 0.119 e. The van der Waals surface area contributed by atoms with Crippen LogP contribution in [0.2, 0.25) is 0 Å². The van der Waals surface area contributed by atoms with Crippen LogP contribution in [-0.4, -0.2) is 31.0 Å². The van der Waals surface area contributed by atoms with E-state index < -0.39 is 0 Å². The molecule has 20 heavy (non-hydrogen) atoms. The van der Waals surface area contributed by atoms with E-state index in [4.69, 9.17) is 9.47 Å². The van der Waals surface area contributed by atoms with Gasteiger partial charge in [0.15, 0.2) is 0 Å². The predicted octanol–water partition coefficient (Wildman–Crippen LogP) is 3.44. The van der Waals surface area contributed by atoms with E-state index in [-0.39, 0.29) is 6.10 Å². The van der Waals surface area contributed by atoms with Crippen molar-refractivity contribution in [3.63, 3.8) is 0 Å². The van der Waals surface area contributed by atoms with Crippen molar-refractivity contribution < 1.29 is 14.6 Å². The molecule has 0 aliphatic heterocycles. The molecule has 1 atom stereocenters. The zero-order valence-electron chi connectivity index (χ0n) is 13.0. The van der Waals surface area contributed by atoms with Crippen molar-refractivity contribution in [1.82, 2.24) is 0 Å². The van der Waals surface area contributed by atoms with E-state index in [2.05, 4.69) is 26.0 Å². The molecule has 3 heteroatoms. The highest BCUT2D eigenvalue weighted by Crippen LogP contribution is 2.14. The Morgan fingerprint density at radius 1 is 0.950 bits per heavy atom. The third-order valence-electron chi connectivity index (χ3n) is 3.11. The van der Waals surface area contributed by atoms with Crippen LogP contribution in [0.15, 0.2) is 24.3 Å². The molecular weight excluding hydrogens is 252 g/mol. The van der Waals surface area contributed by atoms with Crippen LogP contribution in [0.3, 0.4) is 0 Å². The van der Waals surface area contributed by atoms with Gasteiger partial charge in [0.2, 0.25) is 0 Å². The molecule has 1 aromatic rings. The molecule has 0 saturated carbocycles. The molecule has 0 saturated heterocycles. The van der Waals surface area contributed by atoms with Crippen LogP contribution < -0.4 is 4.74 Å². The zero-order valence-corrected chi connectivity index (χ0v) is 13.0. The highest BCUT2D eigenvalue weighted by molar-refractivity contribution is 5.27. The molecule has 3 nitrogen and oxygen atoms in total. The summed E-state index contributed by atoms with van der Waals surface area (Å²) in [6.07, 6.45) is 2.55. The fraction of sp³-hybridized carbons (Fsp3) is 0.647. The Morgan fingerprint density at radius 2 is 1.65 bits per heavy atom. The van der Waals surface area contributed by atoms with Gasteiger partial charge in [-0.1, -0.05) is 26.0 Å². The SMILES string of the molecule is CC(C)CCOCCOc1ccc(CCC(C)O)cc1. The molecule has 1 unspecified atom stereocenters. The number of ether oxygens (including phenoxy) is 2. The Kier molecular flexibility index (Phi) is 8.31. The number of aryl methyl sites for hydroxylation is 1. The van der Waals surface area contributed by atoms with Gasteiger partial charge in [0.25, 0.3) is 0 Å². The lowest BCUT2D eigenvalue weighted by Crippen LogP contribution is -2.08. The Bertz CT molecular complexity index is 344. The van der Waals surface area contributed by atoms with Gasteiger partial charge in [0, 0.05) is 6.61 Å². The van der Waals surface area contributed by atoms with Crippen LogP contribution in [0.5, 0.6) is 5.75 Å². The van der Waals surface area contributed by atoms with Crippen molar-refractivity contribution in [2.24, 2.45) is 5.92 Å². The molecule has 0 aromatic heterocycles. The van der Waals surface area contributed by atoms with Crippen molar-refractivity contribution in [1.29, 1.82) is 0 Å². The van der Waals surface area contributed by atoms with Gasteiger partial charge in [-0.05, 0) is 49.8 Å². The summed E-state index contributed by atoms with van der Waals surface area (Å²) in [6, 6.07) is 8.06. The van der Waals surface area contributed by atoms with E-state index in [9.17, 15) is 5.11 Å². The van der Waals surface area contributed by atoms with Crippen LogP contribution in [0.25, 0.3) is 0 Å². The quantitative estimate of drug-likeness (QED) is 0.667. The standard InChI is InChI=1S/C17H28O3/c1-14(2)10-11-19-12-13-20-17-8-6-16(7-9-17)5-4-15(3)18/h6-9,14-15,18H,4-5,10-13H2,1-3H3. The summed E-state index contributed by atoms with van der Waals surface area (Å²) in [6.45, 7) is 8.23. The van der Waals surface area contributed by atoms with Crippen molar-refractivity contribution in [2.75, 3.05) is 19.8 Å². The van der Waals surface area contributed by atoms with E-state index in [1.165, 1.54) is 5.56 Å². The Balaban J connectivity index is 2.15. The fourth-order valence-corrected chi connectivity index (χ4v) is 1.77. The van der Waals surface area contributed by atoms with Gasteiger partial charge < -0.3 is 14.6 Å². The number of hydrogen-bond donors (Lipinski definition) is 1. The lowest BCUT2D eigenvalue weighted by atomic mass is 10.1. The molecule has 0 aliphatic rings. The topological polar surface area (TPSA) is 38.7 Å². The van der Waals surface area contributed by atoms with Crippen molar-refractivity contribution in [3.05, 3.63) is 29.8 Å². The first-order chi connectivity index (χ1) is 9.58. The number of aliphatic hydroxyl groups excluding tert-OH is 1. The van der Waals surface area contributed by atoms with Crippen LogP contribution in [0, 0.1) is 5.92 Å². The minimum absolute atomic E-state index is 0.242. The summed E-state index contributed by atoms with van der Waals surface area (Å²) in [4.78, 5) is 0. The number of benzene rings is 1. The first-order valence-electron chi connectivity index (χ1n) is 7.55. The van der Waals surface area contributed by atoms with Crippen molar-refractivity contribution in [3.8, 4) is 5.75 Å². The molecule has 1 aromatic carbocycles. The predicted molar refractivity (Wildman–Crippen MR) is 82.2 cm³/mol. The number of aliphatic hydroxyl groups is 1. The lowest BCUT2D eigenvalue weighted by molar-refractivity contribution is 0.0926. The first kappa shape index (κ1) is 17.0. The molecule has 1 rings (SSSR count). The molecule has 0 heterocycles. The molecule has 0 bridgehead atoms. The van der Waals surface area contributed by atoms with Crippen molar-refractivity contribution >= 4 is 0 Å². The minimum atomic E-state index is -0.242. The molecule has 0 spiro atoms. The van der Waals surface area contributed by atoms with Gasteiger partial charge >= 0.3 is 0 Å². The third-order valence-corrected chi connectivity index (χ3v) is 3.11. The summed E-state index contributed by atoms with van der Waals surface area (Å²) in [5, 5.41) is 9.25. The number of rotatable bonds is 10. The Hall–Kier alpha value is -1.06. The molecule has 114 valence electrons. The maximum Gasteiger partial charge on any atom is 0.119 e. The van der Waals surface area contributed by atoms with E-state index in [1.807, 2.05) is 19.1 Å². The maximum atomic E-state index is 9.25. The Labute approximate surface area is 122 Å². The second-order valence-corrected chi connectivity index (χ2v) is 5.68. The molecule has 0 amide bonds. The third kappa shape index (κ3) is 8.18. The summed E-state index contributed by atoms with van der Waals surface area (Å²) < 4.78 is 11.1. The second-order valence-electron chi connectivity index (χ2n) is 5.68. The number of hydrogen-bond acceptors (Lipinski definition) is 3. The van der Waals surface area contributed by atoms with Crippen LogP contribution in [0.4, 0.5) is 0 Å². The van der Waals surface area contributed by atoms with E-state index in [0.29, 0.717) is 19.1 Å². The minimum Gasteiger partial charge on any atom is -0.491 e. The zero-order chi connectivity index (χ0) is 14.8. The summed E-state index contributed by atoms with van der Waals surface area (Å²) in [5.74, 6) is 1.56. The van der Waals surface area contributed by atoms with Crippen LogP contribution in [-0.2, 0) is 11.2 Å². The molecule has 0 fully saturated rings. The highest BCUT2D eigenvalue weighted by atomic mass is 16.5. The van der Waals surface area contributed by atoms with E-state index >= 15 is 0 Å². The average Bonchev–Trinajstić information content (AvgIpc) is 2.41. The van der Waals surface area contributed by atoms with Gasteiger partial charge in [0.05, 0.1) is 12.7 Å². The average molecular weight is 280 g/mol. The lowest BCUT2D eigenvalue weighted by Gasteiger charge is -2.09. The summed E-state index contributed by atoms with van der Waals surface area (Å²) in [5.41, 5.74) is 1.23. The largest absolute Gasteiger partial charge is 0.491 e. The van der Waals surface area contributed by atoms with E-state index in [0.717, 1.165) is 31.6 Å². The molecular formula is C17H28O3. The van der Waals surface area contributed by atoms with Crippen molar-refractivity contribution in [2.45, 2.75) is 46.1 Å². The summed E-state index contributed by atoms with van der Waals surface area (Å²) in [7, 11) is 0. The van der Waals surface area contributed by atoms with Crippen LogP contribution >= 0.6 is 0 Å². The van der Waals surface area contributed by atoms with Gasteiger partial charge in [-0.2, -0.15) is 0 Å². The van der Waals surface area contributed by atoms with Gasteiger partial charge in [0.1, 0.15) is 12.4 Å². The maximum absolute atomic E-state index is 9.25. The van der Waals surface area contributed by atoms with Gasteiger partial charge in [-0.25, -0.2) is 0 Å². The Morgan fingerprint density at radius 3 is 2.25 bits per heavy atom. The fourth-order valence-electron chi connectivity index (χ4n) is 1.77. The molecule has 0 radical (unpaired) electrons. The monoisotopic (exact) mass is 280 g/mol. The van der Waals surface area contributed by atoms with E-state index in [1.54, 1.807) is 0 Å². The summed E-state index contributed by atoms with van der Waals surface area (Å²) >= 11 is 0. The normalized spacial score (nSPS) is 12.7. The van der Waals surface area contributed by atoms with Gasteiger partial charge in [-0.15, -0.1) is 0 Å². The molecule has 1 N–H and O–H groups in total. The second kappa shape index (κ2) is 9.78. The van der Waals surface area contributed by atoms with Gasteiger partial charge in [-0.3, -0.25) is 0 Å².